The summed E-state index contributed by atoms with van der Waals surface area (Å²) in [5.74, 6) is -5.04. The van der Waals surface area contributed by atoms with Gasteiger partial charge in [-0.15, -0.1) is 0 Å². The van der Waals surface area contributed by atoms with Crippen molar-refractivity contribution in [2.24, 2.45) is 11.8 Å². The molecule has 1 aliphatic rings. The summed E-state index contributed by atoms with van der Waals surface area (Å²) in [7, 11) is 0. The molecular formula is C38H61N5O9. The van der Waals surface area contributed by atoms with Gasteiger partial charge in [0.2, 0.25) is 29.5 Å². The monoisotopic (exact) mass is 731 g/mol. The topological polar surface area (TPSA) is 212 Å². The molecule has 0 aromatic heterocycles. The normalized spacial score (nSPS) is 25.6. The molecule has 14 heteroatoms. The zero-order valence-electron chi connectivity index (χ0n) is 31.6. The minimum absolute atomic E-state index is 0.00822. The highest BCUT2D eigenvalue weighted by molar-refractivity contribution is 5.96. The van der Waals surface area contributed by atoms with E-state index in [0.29, 0.717) is 24.8 Å². The largest absolute Gasteiger partial charge is 0.460 e. The van der Waals surface area contributed by atoms with E-state index in [-0.39, 0.29) is 25.2 Å². The van der Waals surface area contributed by atoms with Crippen LogP contribution >= 0.6 is 0 Å². The Bertz CT molecular complexity index is 1310. The van der Waals surface area contributed by atoms with Crippen molar-refractivity contribution in [1.29, 1.82) is 0 Å². The molecule has 2 rings (SSSR count). The predicted molar refractivity (Wildman–Crippen MR) is 195 cm³/mol. The number of aliphatic hydroxyl groups excluding tert-OH is 2. The lowest BCUT2D eigenvalue weighted by Gasteiger charge is -2.29. The Balaban J connectivity index is 2.60. The minimum Gasteiger partial charge on any atom is -0.460 e. The average molecular weight is 732 g/mol. The van der Waals surface area contributed by atoms with E-state index in [4.69, 9.17) is 4.74 Å². The lowest BCUT2D eigenvalue weighted by Crippen LogP contribution is -2.62. The van der Waals surface area contributed by atoms with E-state index in [2.05, 4.69) is 33.5 Å². The summed E-state index contributed by atoms with van der Waals surface area (Å²) >= 11 is 0. The van der Waals surface area contributed by atoms with Crippen LogP contribution in [0.15, 0.2) is 30.3 Å². The van der Waals surface area contributed by atoms with Gasteiger partial charge < -0.3 is 41.5 Å². The van der Waals surface area contributed by atoms with Gasteiger partial charge in [-0.05, 0) is 43.6 Å². The van der Waals surface area contributed by atoms with Gasteiger partial charge in [0, 0.05) is 6.42 Å². The first-order valence-electron chi connectivity index (χ1n) is 18.7. The van der Waals surface area contributed by atoms with Crippen LogP contribution in [0.25, 0.3) is 0 Å². The van der Waals surface area contributed by atoms with Crippen molar-refractivity contribution >= 4 is 35.5 Å². The van der Waals surface area contributed by atoms with E-state index in [1.807, 2.05) is 20.8 Å². The van der Waals surface area contributed by atoms with Gasteiger partial charge in [-0.2, -0.15) is 0 Å². The molecule has 8 atom stereocenters. The van der Waals surface area contributed by atoms with Crippen LogP contribution in [0.1, 0.15) is 105 Å². The Hall–Kier alpha value is -4.04. The number of benzene rings is 1. The summed E-state index contributed by atoms with van der Waals surface area (Å²) in [5.41, 5.74) is 0.690. The van der Waals surface area contributed by atoms with Crippen molar-refractivity contribution in [3.63, 3.8) is 0 Å². The van der Waals surface area contributed by atoms with E-state index in [0.717, 1.165) is 25.7 Å². The molecule has 0 bridgehead atoms. The van der Waals surface area contributed by atoms with Crippen LogP contribution in [-0.4, -0.2) is 94.7 Å². The second-order valence-corrected chi connectivity index (χ2v) is 14.3. The fourth-order valence-corrected chi connectivity index (χ4v) is 5.95. The highest BCUT2D eigenvalue weighted by atomic mass is 16.5. The maximum absolute atomic E-state index is 14.0. The number of hydrogen-bond donors (Lipinski definition) is 7. The molecular weight excluding hydrogens is 670 g/mol. The second kappa shape index (κ2) is 22.8. The van der Waals surface area contributed by atoms with Crippen LogP contribution in [-0.2, 0) is 39.9 Å². The van der Waals surface area contributed by atoms with Crippen LogP contribution in [0.5, 0.6) is 0 Å². The van der Waals surface area contributed by atoms with Crippen molar-refractivity contribution in [3.05, 3.63) is 35.9 Å². The number of nitrogens with one attached hydrogen (secondary N) is 5. The smallest absolute Gasteiger partial charge is 0.329 e. The Morgan fingerprint density at radius 2 is 1.33 bits per heavy atom. The minimum atomic E-state index is -1.59. The lowest BCUT2D eigenvalue weighted by atomic mass is 9.97. The molecule has 1 fully saturated rings. The summed E-state index contributed by atoms with van der Waals surface area (Å²) in [4.78, 5) is 81.7. The van der Waals surface area contributed by atoms with E-state index in [1.54, 1.807) is 37.3 Å². The zero-order chi connectivity index (χ0) is 38.8. The number of rotatable bonds is 14. The molecule has 0 aliphatic carbocycles. The third kappa shape index (κ3) is 14.9. The first-order chi connectivity index (χ1) is 24.7. The average Bonchev–Trinajstić information content (AvgIpc) is 3.09. The van der Waals surface area contributed by atoms with E-state index < -0.39 is 90.4 Å². The number of esters is 1. The standard InChI is InChI=1S/C38H61N5O9/c1-7-9-10-11-15-18-27-21-31(46)39-28(19-23(3)4)34(47)41-30(22-44)36(49)43-33(25(6)45)37(50)40-29(20-26-16-13-12-14-17-26)35(48)42-32(24(5)8-2)38(51)52-27/h12-14,16-17,23-25,27-30,32-33,44-45H,7-11,15,18-22H2,1-6H3,(H,39,46)(H,40,50)(H,41,47)(H,42,48)(H,43,49)/t24-,25+,27?,28+,29+,30-,32-,33-/m0/s1. The number of amides is 5. The third-order valence-electron chi connectivity index (χ3n) is 9.24. The summed E-state index contributed by atoms with van der Waals surface area (Å²) < 4.78 is 5.97. The number of ether oxygens (including phenoxy) is 1. The first-order valence-corrected chi connectivity index (χ1v) is 18.7. The van der Waals surface area contributed by atoms with Crippen molar-refractivity contribution in [3.8, 4) is 0 Å². The van der Waals surface area contributed by atoms with Gasteiger partial charge in [0.25, 0.3) is 0 Å². The maximum Gasteiger partial charge on any atom is 0.329 e. The van der Waals surface area contributed by atoms with Gasteiger partial charge in [0.1, 0.15) is 36.3 Å². The Kier molecular flexibility index (Phi) is 19.3. The maximum atomic E-state index is 14.0. The summed E-state index contributed by atoms with van der Waals surface area (Å²) in [5, 5.41) is 33.6. The van der Waals surface area contributed by atoms with E-state index in [9.17, 15) is 39.0 Å². The fraction of sp³-hybridized carbons (Fsp3) is 0.684. The summed E-state index contributed by atoms with van der Waals surface area (Å²) in [6.07, 6.45) is 3.15. The molecule has 1 aromatic carbocycles. The van der Waals surface area contributed by atoms with E-state index >= 15 is 0 Å². The van der Waals surface area contributed by atoms with Crippen molar-refractivity contribution in [2.75, 3.05) is 6.61 Å². The van der Waals surface area contributed by atoms with Crippen LogP contribution < -0.4 is 26.6 Å². The zero-order valence-corrected chi connectivity index (χ0v) is 31.6. The molecule has 5 amide bonds. The SMILES string of the molecule is CCCCCCCC1CC(=O)N[C@H](CC(C)C)C(=O)N[C@@H](CO)C(=O)N[C@@H]([C@@H](C)O)C(=O)N[C@H](Cc2ccccc2)C(=O)N[C@@H]([C@@H](C)CC)C(=O)O1. The van der Waals surface area contributed by atoms with E-state index in [1.165, 1.54) is 6.92 Å². The molecule has 7 N–H and O–H groups in total. The highest BCUT2D eigenvalue weighted by Gasteiger charge is 2.36. The second-order valence-electron chi connectivity index (χ2n) is 14.3. The first kappa shape index (κ1) is 44.1. The Morgan fingerprint density at radius 1 is 0.731 bits per heavy atom. The predicted octanol–water partition coefficient (Wildman–Crippen LogP) is 1.79. The molecule has 1 aromatic rings. The number of carbonyl (C=O) groups is 6. The molecule has 0 radical (unpaired) electrons. The molecule has 1 heterocycles. The number of carbonyl (C=O) groups excluding carboxylic acids is 6. The molecule has 0 saturated carbocycles. The number of unbranched alkanes of at least 4 members (excludes halogenated alkanes) is 4. The van der Waals surface area contributed by atoms with Gasteiger partial charge in [-0.3, -0.25) is 24.0 Å². The van der Waals surface area contributed by atoms with Crippen molar-refractivity contribution in [1.82, 2.24) is 26.6 Å². The van der Waals surface area contributed by atoms with Crippen LogP contribution in [0.3, 0.4) is 0 Å². The molecule has 52 heavy (non-hydrogen) atoms. The Labute approximate surface area is 308 Å². The quantitative estimate of drug-likeness (QED) is 0.110. The molecule has 292 valence electrons. The van der Waals surface area contributed by atoms with Crippen LogP contribution in [0.4, 0.5) is 0 Å². The number of cyclic esters (lactones) is 1. The molecule has 1 unspecified atom stereocenters. The summed E-state index contributed by atoms with van der Waals surface area (Å²) in [6, 6.07) is 2.26. The van der Waals surface area contributed by atoms with Crippen molar-refractivity contribution < 1.29 is 43.7 Å². The van der Waals surface area contributed by atoms with Gasteiger partial charge in [-0.1, -0.05) is 97.1 Å². The molecule has 1 saturated heterocycles. The molecule has 0 spiro atoms. The molecule has 14 nitrogen and oxygen atoms in total. The fourth-order valence-electron chi connectivity index (χ4n) is 5.95. The molecule has 1 aliphatic heterocycles. The lowest BCUT2D eigenvalue weighted by molar-refractivity contribution is -0.156. The van der Waals surface area contributed by atoms with Gasteiger partial charge in [-0.25, -0.2) is 4.79 Å². The van der Waals surface area contributed by atoms with Gasteiger partial charge in [0.05, 0.1) is 19.1 Å². The van der Waals surface area contributed by atoms with Gasteiger partial charge in [0.15, 0.2) is 0 Å². The number of aliphatic hydroxyl groups is 2. The number of hydrogen-bond acceptors (Lipinski definition) is 9. The van der Waals surface area contributed by atoms with Crippen LogP contribution in [0, 0.1) is 11.8 Å². The van der Waals surface area contributed by atoms with Gasteiger partial charge >= 0.3 is 5.97 Å². The highest BCUT2D eigenvalue weighted by Crippen LogP contribution is 2.18. The van der Waals surface area contributed by atoms with Crippen molar-refractivity contribution in [2.45, 2.75) is 148 Å². The van der Waals surface area contributed by atoms with Crippen LogP contribution in [0.2, 0.25) is 0 Å². The summed E-state index contributed by atoms with van der Waals surface area (Å²) in [6.45, 7) is 9.86. The third-order valence-corrected chi connectivity index (χ3v) is 9.24. The Morgan fingerprint density at radius 3 is 1.92 bits per heavy atom.